The maximum atomic E-state index is 12.4. The molecule has 0 bridgehead atoms. The highest BCUT2D eigenvalue weighted by Gasteiger charge is 2.31. The van der Waals surface area contributed by atoms with Crippen LogP contribution in [0.3, 0.4) is 0 Å². The molecule has 1 aliphatic rings. The van der Waals surface area contributed by atoms with Gasteiger partial charge in [0.05, 0.1) is 22.6 Å². The summed E-state index contributed by atoms with van der Waals surface area (Å²) in [7, 11) is -2.10. The van der Waals surface area contributed by atoms with Gasteiger partial charge in [-0.25, -0.2) is 0 Å². The van der Waals surface area contributed by atoms with Gasteiger partial charge in [0, 0.05) is 12.6 Å². The highest BCUT2D eigenvalue weighted by Crippen LogP contribution is 2.27. The first kappa shape index (κ1) is 19.7. The van der Waals surface area contributed by atoms with E-state index in [-0.39, 0.29) is 29.2 Å². The number of halogens is 2. The molecule has 1 atom stereocenters. The zero-order valence-electron chi connectivity index (χ0n) is 14.6. The number of nitrogens with one attached hydrogen (secondary N) is 1. The molecular weight excluding hydrogens is 409 g/mol. The molecule has 1 aliphatic heterocycles. The van der Waals surface area contributed by atoms with Crippen molar-refractivity contribution in [2.45, 2.75) is 17.9 Å². The van der Waals surface area contributed by atoms with Gasteiger partial charge >= 0.3 is 0 Å². The van der Waals surface area contributed by atoms with Gasteiger partial charge in [0.2, 0.25) is 5.91 Å². The van der Waals surface area contributed by atoms with Crippen molar-refractivity contribution in [2.75, 3.05) is 13.6 Å². The Bertz CT molecular complexity index is 1040. The van der Waals surface area contributed by atoms with E-state index in [0.717, 1.165) is 5.56 Å². The molecule has 0 spiro atoms. The third kappa shape index (κ3) is 4.10. The van der Waals surface area contributed by atoms with E-state index in [0.29, 0.717) is 15.6 Å². The van der Waals surface area contributed by atoms with Gasteiger partial charge in [-0.2, -0.15) is 8.42 Å². The van der Waals surface area contributed by atoms with Crippen molar-refractivity contribution < 1.29 is 13.2 Å². The summed E-state index contributed by atoms with van der Waals surface area (Å²) < 4.78 is 28.1. The van der Waals surface area contributed by atoms with Crippen LogP contribution < -0.4 is 5.32 Å². The fourth-order valence-electron chi connectivity index (χ4n) is 2.81. The van der Waals surface area contributed by atoms with Crippen LogP contribution in [0.5, 0.6) is 0 Å². The number of hydrogen-bond acceptors (Lipinski definition) is 4. The molecule has 0 radical (unpaired) electrons. The van der Waals surface area contributed by atoms with Crippen molar-refractivity contribution in [3.05, 3.63) is 63.6 Å². The number of sulfonamides is 1. The van der Waals surface area contributed by atoms with E-state index in [1.165, 1.54) is 11.0 Å². The Balaban J connectivity index is 1.70. The standard InChI is InChI=1S/C18H17Cl2N3O3S/c1-11(12-7-8-14(19)15(20)9-12)21-17(24)10-23(2)18-13-5-3-4-6-16(13)27(25,26)22-18/h3-9,11H,10H2,1-2H3,(H,21,24). The largest absolute Gasteiger partial charge is 0.349 e. The third-order valence-corrected chi connectivity index (χ3v) is 6.24. The van der Waals surface area contributed by atoms with E-state index in [1.807, 2.05) is 6.92 Å². The van der Waals surface area contributed by atoms with Crippen molar-refractivity contribution in [2.24, 2.45) is 4.40 Å². The Labute approximate surface area is 167 Å². The topological polar surface area (TPSA) is 78.8 Å². The molecule has 0 aliphatic carbocycles. The van der Waals surface area contributed by atoms with Crippen LogP contribution in [-0.2, 0) is 14.8 Å². The average Bonchev–Trinajstić information content (AvgIpc) is 2.89. The summed E-state index contributed by atoms with van der Waals surface area (Å²) in [5.74, 6) is -0.0245. The third-order valence-electron chi connectivity index (χ3n) is 4.18. The predicted molar refractivity (Wildman–Crippen MR) is 106 cm³/mol. The van der Waals surface area contributed by atoms with E-state index in [1.54, 1.807) is 43.4 Å². The van der Waals surface area contributed by atoms with Crippen molar-refractivity contribution in [1.29, 1.82) is 0 Å². The van der Waals surface area contributed by atoms with E-state index in [4.69, 9.17) is 23.2 Å². The summed E-state index contributed by atoms with van der Waals surface area (Å²) in [6.07, 6.45) is 0. The Hall–Kier alpha value is -2.09. The maximum absolute atomic E-state index is 12.4. The van der Waals surface area contributed by atoms with Gasteiger partial charge in [0.15, 0.2) is 5.84 Å². The highest BCUT2D eigenvalue weighted by atomic mass is 35.5. The van der Waals surface area contributed by atoms with Crippen molar-refractivity contribution in [1.82, 2.24) is 10.2 Å². The second kappa shape index (κ2) is 7.50. The monoisotopic (exact) mass is 425 g/mol. The molecule has 27 heavy (non-hydrogen) atoms. The number of carbonyl (C=O) groups excluding carboxylic acids is 1. The fraction of sp³-hybridized carbons (Fsp3) is 0.222. The lowest BCUT2D eigenvalue weighted by Gasteiger charge is -2.21. The first-order valence-corrected chi connectivity index (χ1v) is 10.3. The molecule has 0 fully saturated rings. The molecule has 1 amide bonds. The van der Waals surface area contributed by atoms with Crippen LogP contribution in [-0.4, -0.2) is 38.7 Å². The minimum atomic E-state index is -3.72. The molecule has 1 unspecified atom stereocenters. The van der Waals surface area contributed by atoms with Crippen LogP contribution in [0, 0.1) is 0 Å². The van der Waals surface area contributed by atoms with Crippen LogP contribution in [0.2, 0.25) is 10.0 Å². The summed E-state index contributed by atoms with van der Waals surface area (Å²) in [4.78, 5) is 14.1. The summed E-state index contributed by atoms with van der Waals surface area (Å²) in [6.45, 7) is 1.78. The van der Waals surface area contributed by atoms with Crippen LogP contribution in [0.25, 0.3) is 0 Å². The second-order valence-electron chi connectivity index (χ2n) is 6.20. The summed E-state index contributed by atoms with van der Waals surface area (Å²) in [5, 5.41) is 3.71. The van der Waals surface area contributed by atoms with Crippen molar-refractivity contribution in [3.63, 3.8) is 0 Å². The minimum absolute atomic E-state index is 0.0473. The molecule has 0 saturated heterocycles. The smallest absolute Gasteiger partial charge is 0.285 e. The number of amides is 1. The Morgan fingerprint density at radius 2 is 1.89 bits per heavy atom. The molecule has 3 rings (SSSR count). The number of likely N-dealkylation sites (N-methyl/N-ethyl adjacent to an activating group) is 1. The van der Waals surface area contributed by atoms with Crippen molar-refractivity contribution >= 4 is 45.0 Å². The first-order valence-electron chi connectivity index (χ1n) is 8.09. The van der Waals surface area contributed by atoms with Gasteiger partial charge in [0.1, 0.15) is 4.90 Å². The first-order chi connectivity index (χ1) is 12.7. The number of carbonyl (C=O) groups is 1. The zero-order chi connectivity index (χ0) is 19.8. The van der Waals surface area contributed by atoms with Gasteiger partial charge in [-0.1, -0.05) is 41.4 Å². The zero-order valence-corrected chi connectivity index (χ0v) is 16.9. The van der Waals surface area contributed by atoms with Gasteiger partial charge in [-0.3, -0.25) is 4.79 Å². The summed E-state index contributed by atoms with van der Waals surface area (Å²) in [5.41, 5.74) is 1.30. The molecule has 142 valence electrons. The minimum Gasteiger partial charge on any atom is -0.349 e. The normalized spacial score (nSPS) is 15.6. The maximum Gasteiger partial charge on any atom is 0.285 e. The van der Waals surface area contributed by atoms with Crippen LogP contribution in [0.1, 0.15) is 24.1 Å². The Kier molecular flexibility index (Phi) is 5.46. The summed E-state index contributed by atoms with van der Waals surface area (Å²) >= 11 is 11.9. The van der Waals surface area contributed by atoms with Crippen LogP contribution >= 0.6 is 23.2 Å². The van der Waals surface area contributed by atoms with Crippen LogP contribution in [0.4, 0.5) is 0 Å². The van der Waals surface area contributed by atoms with Gasteiger partial charge in [-0.15, -0.1) is 4.40 Å². The Morgan fingerprint density at radius 1 is 1.19 bits per heavy atom. The predicted octanol–water partition coefficient (Wildman–Crippen LogP) is 3.25. The molecule has 0 saturated carbocycles. The quantitative estimate of drug-likeness (QED) is 0.814. The lowest BCUT2D eigenvalue weighted by Crippen LogP contribution is -2.39. The number of amidine groups is 1. The SMILES string of the molecule is CC(NC(=O)CN(C)C1=NS(=O)(=O)c2ccccc21)c1ccc(Cl)c(Cl)c1. The number of nitrogens with zero attached hydrogens (tertiary/aromatic N) is 2. The molecule has 2 aromatic carbocycles. The van der Waals surface area contributed by atoms with Crippen LogP contribution in [0.15, 0.2) is 51.8 Å². The van der Waals surface area contributed by atoms with Gasteiger partial charge < -0.3 is 10.2 Å². The van der Waals surface area contributed by atoms with E-state index >= 15 is 0 Å². The van der Waals surface area contributed by atoms with E-state index < -0.39 is 10.0 Å². The van der Waals surface area contributed by atoms with E-state index in [9.17, 15) is 13.2 Å². The van der Waals surface area contributed by atoms with Gasteiger partial charge in [0.25, 0.3) is 10.0 Å². The number of hydrogen-bond donors (Lipinski definition) is 1. The van der Waals surface area contributed by atoms with Gasteiger partial charge in [-0.05, 0) is 36.8 Å². The Morgan fingerprint density at radius 3 is 2.59 bits per heavy atom. The molecule has 6 nitrogen and oxygen atoms in total. The summed E-state index contributed by atoms with van der Waals surface area (Å²) in [6, 6.07) is 11.4. The second-order valence-corrected chi connectivity index (χ2v) is 8.59. The molecule has 0 aromatic heterocycles. The molecular formula is C18H17Cl2N3O3S. The number of fused-ring (bicyclic) bond motifs is 1. The van der Waals surface area contributed by atoms with E-state index in [2.05, 4.69) is 9.71 Å². The molecule has 9 heteroatoms. The average molecular weight is 426 g/mol. The molecule has 1 heterocycles. The molecule has 1 N–H and O–H groups in total. The van der Waals surface area contributed by atoms with Crippen molar-refractivity contribution in [3.8, 4) is 0 Å². The number of rotatable bonds is 4. The molecule has 2 aromatic rings. The fourth-order valence-corrected chi connectivity index (χ4v) is 4.36. The lowest BCUT2D eigenvalue weighted by atomic mass is 10.1. The lowest BCUT2D eigenvalue weighted by molar-refractivity contribution is -0.121. The highest BCUT2D eigenvalue weighted by molar-refractivity contribution is 7.90. The number of benzene rings is 2.